The van der Waals surface area contributed by atoms with E-state index < -0.39 is 6.10 Å². The maximum absolute atomic E-state index is 10.2. The molecule has 1 heterocycles. The molecule has 5 heteroatoms. The molecule has 1 fully saturated rings. The van der Waals surface area contributed by atoms with Crippen molar-refractivity contribution in [3.63, 3.8) is 0 Å². The predicted octanol–water partition coefficient (Wildman–Crippen LogP) is 1.93. The fraction of sp³-hybridized carbons (Fsp3) is 0.562. The molecule has 116 valence electrons. The van der Waals surface area contributed by atoms with Gasteiger partial charge in [0.2, 0.25) is 0 Å². The van der Waals surface area contributed by atoms with E-state index in [1.807, 2.05) is 24.3 Å². The van der Waals surface area contributed by atoms with Gasteiger partial charge in [0.1, 0.15) is 23.4 Å². The van der Waals surface area contributed by atoms with Crippen molar-refractivity contribution in [1.29, 1.82) is 0 Å². The average Bonchev–Trinajstić information content (AvgIpc) is 2.76. The van der Waals surface area contributed by atoms with Gasteiger partial charge < -0.3 is 15.6 Å². The van der Waals surface area contributed by atoms with Crippen LogP contribution in [-0.4, -0.2) is 46.3 Å². The lowest BCUT2D eigenvalue weighted by molar-refractivity contribution is 0.0464. The molecule has 0 aliphatic carbocycles. The molecule has 1 aliphatic heterocycles. The van der Waals surface area contributed by atoms with Crippen LogP contribution in [0.25, 0.3) is 0 Å². The van der Waals surface area contributed by atoms with Crippen LogP contribution >= 0.6 is 12.2 Å². The molecule has 21 heavy (non-hydrogen) atoms. The summed E-state index contributed by atoms with van der Waals surface area (Å²) in [4.78, 5) is 2.63. The zero-order valence-corrected chi connectivity index (χ0v) is 13.5. The Kier molecular flexibility index (Phi) is 5.19. The van der Waals surface area contributed by atoms with E-state index in [4.69, 9.17) is 22.7 Å². The van der Waals surface area contributed by atoms with Gasteiger partial charge in [-0.05, 0) is 45.4 Å². The topological polar surface area (TPSA) is 58.7 Å². The maximum Gasteiger partial charge on any atom is 0.129 e. The first-order chi connectivity index (χ1) is 9.90. The fourth-order valence-electron chi connectivity index (χ4n) is 2.79. The first-order valence-corrected chi connectivity index (χ1v) is 7.76. The third kappa shape index (κ3) is 4.15. The van der Waals surface area contributed by atoms with Gasteiger partial charge in [-0.2, -0.15) is 0 Å². The molecule has 1 aliphatic rings. The van der Waals surface area contributed by atoms with Crippen molar-refractivity contribution >= 4 is 17.2 Å². The van der Waals surface area contributed by atoms with E-state index >= 15 is 0 Å². The van der Waals surface area contributed by atoms with Gasteiger partial charge in [0.15, 0.2) is 0 Å². The Hall–Kier alpha value is -1.17. The molecule has 0 amide bonds. The van der Waals surface area contributed by atoms with Crippen molar-refractivity contribution in [2.75, 3.05) is 19.7 Å². The van der Waals surface area contributed by atoms with E-state index in [1.54, 1.807) is 0 Å². The highest BCUT2D eigenvalue weighted by atomic mass is 32.1. The summed E-state index contributed by atoms with van der Waals surface area (Å²) < 4.78 is 5.69. The lowest BCUT2D eigenvalue weighted by Gasteiger charge is -2.33. The Balaban J connectivity index is 1.90. The van der Waals surface area contributed by atoms with Crippen LogP contribution in [0.4, 0.5) is 0 Å². The van der Waals surface area contributed by atoms with Crippen LogP contribution in [0.3, 0.4) is 0 Å². The number of para-hydroxylation sites is 1. The molecule has 0 aromatic heterocycles. The number of likely N-dealkylation sites (tertiary alicyclic amines) is 1. The van der Waals surface area contributed by atoms with Crippen molar-refractivity contribution in [2.45, 2.75) is 38.3 Å². The summed E-state index contributed by atoms with van der Waals surface area (Å²) in [6, 6.07) is 7.38. The number of hydrogen-bond donors (Lipinski definition) is 2. The van der Waals surface area contributed by atoms with E-state index in [1.165, 1.54) is 12.8 Å². The second-order valence-corrected chi connectivity index (χ2v) is 6.63. The highest BCUT2D eigenvalue weighted by Crippen LogP contribution is 2.28. The van der Waals surface area contributed by atoms with E-state index in [0.29, 0.717) is 22.8 Å². The fourth-order valence-corrected chi connectivity index (χ4v) is 2.96. The summed E-state index contributed by atoms with van der Waals surface area (Å²) in [5.74, 6) is 0.629. The van der Waals surface area contributed by atoms with Crippen LogP contribution in [0.15, 0.2) is 24.3 Å². The summed E-state index contributed by atoms with van der Waals surface area (Å²) in [7, 11) is 0. The lowest BCUT2D eigenvalue weighted by atomic mass is 10.0. The molecule has 4 nitrogen and oxygen atoms in total. The Labute approximate surface area is 131 Å². The van der Waals surface area contributed by atoms with E-state index in [-0.39, 0.29) is 12.1 Å². The molecule has 1 atom stereocenters. The highest BCUT2D eigenvalue weighted by Gasteiger charge is 2.32. The highest BCUT2D eigenvalue weighted by molar-refractivity contribution is 7.80. The van der Waals surface area contributed by atoms with Crippen molar-refractivity contribution in [3.05, 3.63) is 29.8 Å². The van der Waals surface area contributed by atoms with Crippen LogP contribution in [0.2, 0.25) is 0 Å². The Morgan fingerprint density at radius 3 is 2.81 bits per heavy atom. The van der Waals surface area contributed by atoms with Crippen LogP contribution in [0, 0.1) is 0 Å². The Morgan fingerprint density at radius 2 is 2.19 bits per heavy atom. The van der Waals surface area contributed by atoms with Crippen LogP contribution < -0.4 is 10.5 Å². The van der Waals surface area contributed by atoms with Crippen LogP contribution in [-0.2, 0) is 0 Å². The number of rotatable bonds is 6. The van der Waals surface area contributed by atoms with Gasteiger partial charge in [0.05, 0.1) is 5.56 Å². The third-order valence-electron chi connectivity index (χ3n) is 4.09. The van der Waals surface area contributed by atoms with Crippen molar-refractivity contribution in [1.82, 2.24) is 4.90 Å². The summed E-state index contributed by atoms with van der Waals surface area (Å²) in [5.41, 5.74) is 6.54. The number of nitrogens with two attached hydrogens (primary N) is 1. The number of thiocarbonyl (C=S) groups is 1. The molecular formula is C16H24N2O2S. The monoisotopic (exact) mass is 308 g/mol. The van der Waals surface area contributed by atoms with Gasteiger partial charge in [-0.1, -0.05) is 24.4 Å². The van der Waals surface area contributed by atoms with Crippen molar-refractivity contribution < 1.29 is 9.84 Å². The molecule has 2 rings (SSSR count). The minimum Gasteiger partial charge on any atom is -0.490 e. The maximum atomic E-state index is 10.2. The molecule has 0 bridgehead atoms. The zero-order chi connectivity index (χ0) is 15.5. The Morgan fingerprint density at radius 1 is 1.48 bits per heavy atom. The van der Waals surface area contributed by atoms with Gasteiger partial charge >= 0.3 is 0 Å². The van der Waals surface area contributed by atoms with Crippen molar-refractivity contribution in [2.24, 2.45) is 5.73 Å². The number of aliphatic hydroxyl groups is 1. The number of nitrogens with zero attached hydrogens (tertiary/aromatic N) is 1. The van der Waals surface area contributed by atoms with Gasteiger partial charge in [-0.15, -0.1) is 0 Å². The van der Waals surface area contributed by atoms with Crippen molar-refractivity contribution in [3.8, 4) is 5.75 Å². The molecule has 1 aromatic rings. The molecule has 1 aromatic carbocycles. The molecule has 0 radical (unpaired) electrons. The minimum atomic E-state index is -0.526. The SMILES string of the molecule is CC1(C)CCCN1CC(O)COc1ccccc1C(N)=S. The standard InChI is InChI=1S/C16H24N2O2S/c1-16(2)8-5-9-18(16)10-12(19)11-20-14-7-4-3-6-13(14)15(17)21/h3-4,6-7,12,19H,5,8-11H2,1-2H3,(H2,17,21). The molecular weight excluding hydrogens is 284 g/mol. The number of ether oxygens (including phenoxy) is 1. The average molecular weight is 308 g/mol. The van der Waals surface area contributed by atoms with Crippen LogP contribution in [0.5, 0.6) is 5.75 Å². The zero-order valence-electron chi connectivity index (χ0n) is 12.7. The normalized spacial score (nSPS) is 19.4. The second kappa shape index (κ2) is 6.73. The van der Waals surface area contributed by atoms with E-state index in [2.05, 4.69) is 18.7 Å². The number of hydrogen-bond acceptors (Lipinski definition) is 4. The lowest BCUT2D eigenvalue weighted by Crippen LogP contribution is -2.44. The molecule has 3 N–H and O–H groups in total. The Bertz CT molecular complexity index is 505. The third-order valence-corrected chi connectivity index (χ3v) is 4.31. The van der Waals surface area contributed by atoms with E-state index in [9.17, 15) is 5.11 Å². The number of benzene rings is 1. The molecule has 1 unspecified atom stereocenters. The van der Waals surface area contributed by atoms with Gasteiger partial charge in [-0.25, -0.2) is 0 Å². The molecule has 0 spiro atoms. The molecule has 1 saturated heterocycles. The number of aliphatic hydroxyl groups excluding tert-OH is 1. The minimum absolute atomic E-state index is 0.164. The molecule has 0 saturated carbocycles. The van der Waals surface area contributed by atoms with Gasteiger partial charge in [-0.3, -0.25) is 4.90 Å². The van der Waals surface area contributed by atoms with Crippen LogP contribution in [0.1, 0.15) is 32.3 Å². The summed E-state index contributed by atoms with van der Waals surface area (Å²) in [6.45, 7) is 6.34. The summed E-state index contributed by atoms with van der Waals surface area (Å²) in [6.07, 6.45) is 1.83. The van der Waals surface area contributed by atoms with E-state index in [0.717, 1.165) is 6.54 Å². The smallest absolute Gasteiger partial charge is 0.129 e. The first kappa shape index (κ1) is 16.2. The quantitative estimate of drug-likeness (QED) is 0.787. The van der Waals surface area contributed by atoms with Gasteiger partial charge in [0, 0.05) is 12.1 Å². The predicted molar refractivity (Wildman–Crippen MR) is 88.7 cm³/mol. The van der Waals surface area contributed by atoms with Gasteiger partial charge in [0.25, 0.3) is 0 Å². The largest absolute Gasteiger partial charge is 0.490 e. The number of β-amino-alcohol motifs (C(OH)–C–C–N with tert-alkyl or cyclic N) is 1. The summed E-state index contributed by atoms with van der Waals surface area (Å²) in [5, 5.41) is 10.2. The first-order valence-electron chi connectivity index (χ1n) is 7.35. The second-order valence-electron chi connectivity index (χ2n) is 6.19. The summed E-state index contributed by atoms with van der Waals surface area (Å²) >= 11 is 5.00.